The minimum Gasteiger partial charge on any atom is -0.494 e. The summed E-state index contributed by atoms with van der Waals surface area (Å²) in [6.45, 7) is 4.95. The van der Waals surface area contributed by atoms with Crippen LogP contribution in [0.25, 0.3) is 0 Å². The lowest BCUT2D eigenvalue weighted by Gasteiger charge is -2.34. The first kappa shape index (κ1) is 22.3. The molecule has 1 saturated carbocycles. The second-order valence-electron chi connectivity index (χ2n) is 8.03. The van der Waals surface area contributed by atoms with Crippen LogP contribution in [0.3, 0.4) is 0 Å². The van der Waals surface area contributed by atoms with Crippen molar-refractivity contribution in [2.45, 2.75) is 90.6 Å². The highest BCUT2D eigenvalue weighted by atomic mass is 16.5. The van der Waals surface area contributed by atoms with E-state index in [4.69, 9.17) is 9.47 Å². The van der Waals surface area contributed by atoms with Crippen molar-refractivity contribution in [1.82, 2.24) is 0 Å². The van der Waals surface area contributed by atoms with Crippen LogP contribution in [-0.2, 0) is 4.74 Å². The molecule has 0 aliphatic heterocycles. The molecular weight excluding hydrogens is 350 g/mol. The molecule has 154 valence electrons. The Kier molecular flexibility index (Phi) is 9.34. The Morgan fingerprint density at radius 1 is 1.07 bits per heavy atom. The fraction of sp³-hybridized carbons (Fsp3) is 0.667. The van der Waals surface area contributed by atoms with Gasteiger partial charge in [-0.25, -0.2) is 4.79 Å². The molecule has 1 fully saturated rings. The van der Waals surface area contributed by atoms with Crippen LogP contribution in [0.5, 0.6) is 5.75 Å². The van der Waals surface area contributed by atoms with E-state index in [1.54, 1.807) is 12.1 Å². The number of hydrogen-bond acceptors (Lipinski definition) is 4. The highest BCUT2D eigenvalue weighted by Crippen LogP contribution is 2.41. The van der Waals surface area contributed by atoms with Gasteiger partial charge < -0.3 is 9.47 Å². The highest BCUT2D eigenvalue weighted by Gasteiger charge is 2.36. The van der Waals surface area contributed by atoms with Crippen molar-refractivity contribution >= 4 is 5.97 Å². The van der Waals surface area contributed by atoms with Gasteiger partial charge in [-0.3, -0.25) is 0 Å². The van der Waals surface area contributed by atoms with Crippen molar-refractivity contribution in [1.29, 1.82) is 5.26 Å². The lowest BCUT2D eigenvalue weighted by Crippen LogP contribution is -2.31. The van der Waals surface area contributed by atoms with Gasteiger partial charge in [-0.1, -0.05) is 46.0 Å². The normalized spacial score (nSPS) is 21.7. The van der Waals surface area contributed by atoms with Gasteiger partial charge >= 0.3 is 5.97 Å². The molecule has 28 heavy (non-hydrogen) atoms. The van der Waals surface area contributed by atoms with Crippen molar-refractivity contribution in [2.75, 3.05) is 6.61 Å². The summed E-state index contributed by atoms with van der Waals surface area (Å²) in [4.78, 5) is 12.4. The molecule has 0 N–H and O–H groups in total. The summed E-state index contributed by atoms with van der Waals surface area (Å²) in [5.41, 5.74) is 0.338. The van der Waals surface area contributed by atoms with Crippen LogP contribution >= 0.6 is 0 Å². The molecule has 0 saturated heterocycles. The molecule has 4 nitrogen and oxygen atoms in total. The van der Waals surface area contributed by atoms with Crippen molar-refractivity contribution in [3.63, 3.8) is 0 Å². The molecule has 0 unspecified atom stereocenters. The molecule has 4 heteroatoms. The van der Waals surface area contributed by atoms with Gasteiger partial charge in [0.25, 0.3) is 0 Å². The Hall–Kier alpha value is -2.02. The van der Waals surface area contributed by atoms with Gasteiger partial charge in [0, 0.05) is 0 Å². The monoisotopic (exact) mass is 385 g/mol. The van der Waals surface area contributed by atoms with Crippen LogP contribution in [0, 0.1) is 16.7 Å². The summed E-state index contributed by atoms with van der Waals surface area (Å²) in [5, 5.41) is 9.71. The molecule has 0 aromatic heterocycles. The average Bonchev–Trinajstić information content (AvgIpc) is 2.74. The fourth-order valence-electron chi connectivity index (χ4n) is 3.87. The van der Waals surface area contributed by atoms with E-state index in [-0.39, 0.29) is 17.5 Å². The second kappa shape index (κ2) is 11.7. The standard InChI is InChI=1S/C24H35NO3/c1-3-5-6-7-8-15-24(19-25)16-13-22(14-17-24)28-23(26)20-9-11-21(12-10-20)27-18-4-2/h9-12,22H,3-8,13-18H2,1-2H3/t22-,24-. The topological polar surface area (TPSA) is 59.3 Å². The van der Waals surface area contributed by atoms with E-state index in [0.29, 0.717) is 12.2 Å². The van der Waals surface area contributed by atoms with Crippen molar-refractivity contribution in [3.05, 3.63) is 29.8 Å². The number of carbonyl (C=O) groups excluding carboxylic acids is 1. The van der Waals surface area contributed by atoms with Crippen molar-refractivity contribution in [2.24, 2.45) is 5.41 Å². The molecule has 0 amide bonds. The third-order valence-electron chi connectivity index (χ3n) is 5.72. The second-order valence-corrected chi connectivity index (χ2v) is 8.03. The van der Waals surface area contributed by atoms with E-state index < -0.39 is 0 Å². The molecule has 0 atom stereocenters. The van der Waals surface area contributed by atoms with Crippen LogP contribution in [0.1, 0.15) is 94.8 Å². The summed E-state index contributed by atoms with van der Waals surface area (Å²) in [6.07, 6.45) is 11.2. The summed E-state index contributed by atoms with van der Waals surface area (Å²) in [7, 11) is 0. The SMILES string of the molecule is CCCCCCC[C@]1(C#N)CC[C@H](OC(=O)c2ccc(OCCC)cc2)CC1. The maximum absolute atomic E-state index is 12.4. The maximum Gasteiger partial charge on any atom is 0.338 e. The van der Waals surface area contributed by atoms with Crippen molar-refractivity contribution < 1.29 is 14.3 Å². The highest BCUT2D eigenvalue weighted by molar-refractivity contribution is 5.89. The number of rotatable bonds is 11. The summed E-state index contributed by atoms with van der Waals surface area (Å²) >= 11 is 0. The van der Waals surface area contributed by atoms with E-state index in [1.165, 1.54) is 25.7 Å². The molecule has 1 aliphatic rings. The Morgan fingerprint density at radius 2 is 1.75 bits per heavy atom. The third-order valence-corrected chi connectivity index (χ3v) is 5.72. The number of unbranched alkanes of at least 4 members (excludes halogenated alkanes) is 4. The van der Waals surface area contributed by atoms with E-state index >= 15 is 0 Å². The van der Waals surface area contributed by atoms with E-state index in [2.05, 4.69) is 19.9 Å². The van der Waals surface area contributed by atoms with Crippen LogP contribution in [0.2, 0.25) is 0 Å². The Balaban J connectivity index is 1.77. The first-order valence-electron chi connectivity index (χ1n) is 11.0. The predicted octanol–water partition coefficient (Wildman–Crippen LogP) is 6.45. The molecule has 1 aromatic rings. The zero-order valence-corrected chi connectivity index (χ0v) is 17.5. The molecule has 2 rings (SSSR count). The summed E-state index contributed by atoms with van der Waals surface area (Å²) < 4.78 is 11.3. The van der Waals surface area contributed by atoms with Gasteiger partial charge in [0.05, 0.1) is 23.7 Å². The number of nitriles is 1. The van der Waals surface area contributed by atoms with Crippen LogP contribution in [0.4, 0.5) is 0 Å². The lowest BCUT2D eigenvalue weighted by atomic mass is 9.71. The molecule has 0 radical (unpaired) electrons. The first-order valence-corrected chi connectivity index (χ1v) is 11.0. The van der Waals surface area contributed by atoms with Gasteiger partial charge in [-0.15, -0.1) is 0 Å². The third kappa shape index (κ3) is 6.86. The molecule has 0 heterocycles. The Morgan fingerprint density at radius 3 is 2.36 bits per heavy atom. The van der Waals surface area contributed by atoms with Gasteiger partial charge in [0.2, 0.25) is 0 Å². The van der Waals surface area contributed by atoms with Crippen LogP contribution < -0.4 is 4.74 Å². The van der Waals surface area contributed by atoms with E-state index in [9.17, 15) is 10.1 Å². The molecule has 0 spiro atoms. The smallest absolute Gasteiger partial charge is 0.338 e. The number of benzene rings is 1. The zero-order chi connectivity index (χ0) is 20.2. The zero-order valence-electron chi connectivity index (χ0n) is 17.5. The maximum atomic E-state index is 12.4. The van der Waals surface area contributed by atoms with Gasteiger partial charge in [-0.05, 0) is 62.8 Å². The largest absolute Gasteiger partial charge is 0.494 e. The first-order chi connectivity index (χ1) is 13.6. The van der Waals surface area contributed by atoms with Crippen LogP contribution in [-0.4, -0.2) is 18.7 Å². The van der Waals surface area contributed by atoms with Gasteiger partial charge in [0.1, 0.15) is 11.9 Å². The average molecular weight is 386 g/mol. The number of ether oxygens (including phenoxy) is 2. The van der Waals surface area contributed by atoms with Gasteiger partial charge in [-0.2, -0.15) is 5.26 Å². The fourth-order valence-corrected chi connectivity index (χ4v) is 3.87. The summed E-state index contributed by atoms with van der Waals surface area (Å²) in [5.74, 6) is 0.491. The quantitative estimate of drug-likeness (QED) is 0.324. The predicted molar refractivity (Wildman–Crippen MR) is 111 cm³/mol. The molecule has 1 aromatic carbocycles. The number of nitrogens with zero attached hydrogens (tertiary/aromatic N) is 1. The van der Waals surface area contributed by atoms with Gasteiger partial charge in [0.15, 0.2) is 0 Å². The lowest BCUT2D eigenvalue weighted by molar-refractivity contribution is 0.0105. The molecule has 0 bridgehead atoms. The molecular formula is C24H35NO3. The summed E-state index contributed by atoms with van der Waals surface area (Å²) in [6, 6.07) is 9.72. The van der Waals surface area contributed by atoms with E-state index in [0.717, 1.165) is 50.7 Å². The van der Waals surface area contributed by atoms with Crippen LogP contribution in [0.15, 0.2) is 24.3 Å². The number of carbonyl (C=O) groups is 1. The Labute approximate surface area is 170 Å². The van der Waals surface area contributed by atoms with Crippen molar-refractivity contribution in [3.8, 4) is 11.8 Å². The number of esters is 1. The minimum absolute atomic E-state index is 0.0786. The number of hydrogen-bond donors (Lipinski definition) is 0. The van der Waals surface area contributed by atoms with E-state index in [1.807, 2.05) is 12.1 Å². The molecule has 1 aliphatic carbocycles. The Bertz CT molecular complexity index is 624. The minimum atomic E-state index is -0.281.